The van der Waals surface area contributed by atoms with Crippen LogP contribution in [0.25, 0.3) is 33.2 Å². The largest absolute Gasteiger partial charge is 0.465 e. The Balaban J connectivity index is 1.51. The molecule has 1 atom stereocenters. The average molecular weight is 438 g/mol. The predicted molar refractivity (Wildman–Crippen MR) is 132 cm³/mol. The van der Waals surface area contributed by atoms with Gasteiger partial charge in [0.1, 0.15) is 5.75 Å². The Morgan fingerprint density at radius 2 is 1.70 bits per heavy atom. The minimum absolute atomic E-state index is 0.164. The van der Waals surface area contributed by atoms with Gasteiger partial charge in [0.2, 0.25) is 0 Å². The second-order valence-electron chi connectivity index (χ2n) is 8.80. The molecule has 5 aromatic rings. The summed E-state index contributed by atoms with van der Waals surface area (Å²) in [6.07, 6.45) is 3.03. The molecule has 1 aliphatic rings. The Labute approximate surface area is 193 Å². The molecule has 5 nitrogen and oxygen atoms in total. The molecule has 0 spiro atoms. The summed E-state index contributed by atoms with van der Waals surface area (Å²) in [5.74, 6) is 0.841. The zero-order chi connectivity index (χ0) is 22.4. The highest BCUT2D eigenvalue weighted by molar-refractivity contribution is 6.09. The van der Waals surface area contributed by atoms with Gasteiger partial charge in [0.25, 0.3) is 0 Å². The van der Waals surface area contributed by atoms with Gasteiger partial charge in [-0.15, -0.1) is 0 Å². The van der Waals surface area contributed by atoms with E-state index in [1.807, 2.05) is 11.6 Å². The first kappa shape index (κ1) is 20.1. The quantitative estimate of drug-likeness (QED) is 0.323. The molecule has 3 heterocycles. The SMILES string of the molecule is Cc1cc(C)n(-c2cccc(-n3c4ccccc4c4ccc(OC5CCCCO5)cc43)c2)n1. The minimum atomic E-state index is -0.164. The fourth-order valence-corrected chi connectivity index (χ4v) is 4.91. The number of fused-ring (bicyclic) bond motifs is 3. The van der Waals surface area contributed by atoms with Crippen LogP contribution in [0.5, 0.6) is 5.75 Å². The van der Waals surface area contributed by atoms with E-state index in [0.717, 1.165) is 59.9 Å². The summed E-state index contributed by atoms with van der Waals surface area (Å²) in [7, 11) is 0. The second kappa shape index (κ2) is 8.09. The van der Waals surface area contributed by atoms with Crippen LogP contribution in [0.4, 0.5) is 0 Å². The molecule has 1 aliphatic heterocycles. The molecule has 0 bridgehead atoms. The van der Waals surface area contributed by atoms with Crippen molar-refractivity contribution in [3.63, 3.8) is 0 Å². The van der Waals surface area contributed by atoms with E-state index in [4.69, 9.17) is 9.47 Å². The lowest BCUT2D eigenvalue weighted by Gasteiger charge is -2.23. The molecule has 6 rings (SSSR count). The monoisotopic (exact) mass is 437 g/mol. The summed E-state index contributed by atoms with van der Waals surface area (Å²) in [5, 5.41) is 7.11. The molecule has 0 N–H and O–H groups in total. The minimum Gasteiger partial charge on any atom is -0.465 e. The van der Waals surface area contributed by atoms with Crippen molar-refractivity contribution in [3.8, 4) is 17.1 Å². The van der Waals surface area contributed by atoms with Crippen molar-refractivity contribution in [2.45, 2.75) is 39.4 Å². The smallest absolute Gasteiger partial charge is 0.199 e. The van der Waals surface area contributed by atoms with E-state index in [1.54, 1.807) is 0 Å². The molecule has 1 unspecified atom stereocenters. The topological polar surface area (TPSA) is 41.2 Å². The van der Waals surface area contributed by atoms with Crippen molar-refractivity contribution in [1.82, 2.24) is 14.3 Å². The van der Waals surface area contributed by atoms with Gasteiger partial charge in [0, 0.05) is 34.6 Å². The summed E-state index contributed by atoms with van der Waals surface area (Å²) in [5.41, 5.74) is 6.57. The summed E-state index contributed by atoms with van der Waals surface area (Å²) in [4.78, 5) is 0. The number of nitrogens with zero attached hydrogens (tertiary/aromatic N) is 3. The average Bonchev–Trinajstić information content (AvgIpc) is 3.35. The molecule has 0 amide bonds. The van der Waals surface area contributed by atoms with Crippen molar-refractivity contribution in [2.24, 2.45) is 0 Å². The lowest BCUT2D eigenvalue weighted by molar-refractivity contribution is -0.105. The van der Waals surface area contributed by atoms with Crippen LogP contribution in [-0.4, -0.2) is 27.2 Å². The maximum absolute atomic E-state index is 6.21. The summed E-state index contributed by atoms with van der Waals surface area (Å²) < 4.78 is 16.3. The van der Waals surface area contributed by atoms with E-state index < -0.39 is 0 Å². The Hall–Kier alpha value is -3.57. The fourth-order valence-electron chi connectivity index (χ4n) is 4.91. The highest BCUT2D eigenvalue weighted by Gasteiger charge is 2.18. The lowest BCUT2D eigenvalue weighted by Crippen LogP contribution is -2.24. The molecule has 0 saturated carbocycles. The van der Waals surface area contributed by atoms with Gasteiger partial charge in [0.15, 0.2) is 6.29 Å². The van der Waals surface area contributed by atoms with E-state index in [1.165, 1.54) is 16.3 Å². The first-order chi connectivity index (χ1) is 16.2. The van der Waals surface area contributed by atoms with Gasteiger partial charge in [-0.2, -0.15) is 5.10 Å². The van der Waals surface area contributed by atoms with E-state index >= 15 is 0 Å². The summed E-state index contributed by atoms with van der Waals surface area (Å²) >= 11 is 0. The molecule has 33 heavy (non-hydrogen) atoms. The molecule has 1 saturated heterocycles. The number of ether oxygens (including phenoxy) is 2. The van der Waals surface area contributed by atoms with Crippen LogP contribution in [0.2, 0.25) is 0 Å². The maximum atomic E-state index is 6.21. The van der Waals surface area contributed by atoms with E-state index in [2.05, 4.69) is 89.4 Å². The number of benzene rings is 3. The fraction of sp³-hybridized carbons (Fsp3) is 0.250. The van der Waals surface area contributed by atoms with Crippen molar-refractivity contribution in [2.75, 3.05) is 6.61 Å². The molecule has 2 aromatic heterocycles. The van der Waals surface area contributed by atoms with E-state index in [-0.39, 0.29) is 6.29 Å². The zero-order valence-corrected chi connectivity index (χ0v) is 19.0. The van der Waals surface area contributed by atoms with Gasteiger partial charge in [-0.1, -0.05) is 24.3 Å². The molecule has 3 aromatic carbocycles. The number of hydrogen-bond acceptors (Lipinski definition) is 3. The highest BCUT2D eigenvalue weighted by Crippen LogP contribution is 2.35. The van der Waals surface area contributed by atoms with Crippen LogP contribution in [0.3, 0.4) is 0 Å². The number of aryl methyl sites for hydroxylation is 2. The Bertz CT molecular complexity index is 1460. The van der Waals surface area contributed by atoms with Crippen molar-refractivity contribution in [3.05, 3.63) is 84.2 Å². The Morgan fingerprint density at radius 1 is 0.848 bits per heavy atom. The van der Waals surface area contributed by atoms with Gasteiger partial charge in [0.05, 0.1) is 29.0 Å². The number of rotatable bonds is 4. The molecule has 1 fully saturated rings. The van der Waals surface area contributed by atoms with E-state index in [0.29, 0.717) is 0 Å². The molecule has 5 heteroatoms. The third kappa shape index (κ3) is 3.58. The third-order valence-electron chi connectivity index (χ3n) is 6.39. The van der Waals surface area contributed by atoms with Crippen molar-refractivity contribution in [1.29, 1.82) is 0 Å². The third-order valence-corrected chi connectivity index (χ3v) is 6.39. The van der Waals surface area contributed by atoms with Crippen LogP contribution in [0, 0.1) is 13.8 Å². The first-order valence-electron chi connectivity index (χ1n) is 11.6. The van der Waals surface area contributed by atoms with Gasteiger partial charge in [-0.25, -0.2) is 4.68 Å². The maximum Gasteiger partial charge on any atom is 0.199 e. The highest BCUT2D eigenvalue weighted by atomic mass is 16.7. The molecule has 0 radical (unpaired) electrons. The second-order valence-corrected chi connectivity index (χ2v) is 8.80. The van der Waals surface area contributed by atoms with Crippen LogP contribution in [0.15, 0.2) is 72.8 Å². The standard InChI is InChI=1S/C28H27N3O2/c1-19-16-20(2)31(29-19)22-9-7-8-21(17-22)30-26-11-4-3-10-24(26)25-14-13-23(18-27(25)30)33-28-12-5-6-15-32-28/h3-4,7-11,13-14,16-18,28H,5-6,12,15H2,1-2H3. The summed E-state index contributed by atoms with van der Waals surface area (Å²) in [6, 6.07) is 25.6. The van der Waals surface area contributed by atoms with E-state index in [9.17, 15) is 0 Å². The molecular weight excluding hydrogens is 410 g/mol. The van der Waals surface area contributed by atoms with Crippen molar-refractivity contribution < 1.29 is 9.47 Å². The predicted octanol–water partition coefficient (Wildman–Crippen LogP) is 6.49. The number of para-hydroxylation sites is 1. The summed E-state index contributed by atoms with van der Waals surface area (Å²) in [6.45, 7) is 4.88. The van der Waals surface area contributed by atoms with Crippen LogP contribution in [-0.2, 0) is 4.74 Å². The van der Waals surface area contributed by atoms with Crippen LogP contribution in [0.1, 0.15) is 30.7 Å². The lowest BCUT2D eigenvalue weighted by atomic mass is 10.1. The Kier molecular flexibility index (Phi) is 4.92. The van der Waals surface area contributed by atoms with Crippen LogP contribution < -0.4 is 4.74 Å². The molecular formula is C28H27N3O2. The Morgan fingerprint density at radius 3 is 2.52 bits per heavy atom. The van der Waals surface area contributed by atoms with Crippen molar-refractivity contribution >= 4 is 21.8 Å². The van der Waals surface area contributed by atoms with Gasteiger partial charge in [-0.05, 0) is 69.2 Å². The molecule has 0 aliphatic carbocycles. The van der Waals surface area contributed by atoms with Gasteiger partial charge >= 0.3 is 0 Å². The normalized spacial score (nSPS) is 16.5. The number of hydrogen-bond donors (Lipinski definition) is 0. The van der Waals surface area contributed by atoms with Crippen LogP contribution >= 0.6 is 0 Å². The van der Waals surface area contributed by atoms with Gasteiger partial charge < -0.3 is 14.0 Å². The first-order valence-corrected chi connectivity index (χ1v) is 11.6. The molecule has 166 valence electrons. The number of aromatic nitrogens is 3. The van der Waals surface area contributed by atoms with Gasteiger partial charge in [-0.3, -0.25) is 0 Å². The zero-order valence-electron chi connectivity index (χ0n) is 19.0.